The first kappa shape index (κ1) is 35.0. The van der Waals surface area contributed by atoms with Gasteiger partial charge in [0.25, 0.3) is 16.9 Å². The average molecular weight is 712 g/mol. The molecule has 1 aliphatic heterocycles. The lowest BCUT2D eigenvalue weighted by atomic mass is 9.83. The Morgan fingerprint density at radius 2 is 1.65 bits per heavy atom. The van der Waals surface area contributed by atoms with Gasteiger partial charge in [-0.3, -0.25) is 25.0 Å². The summed E-state index contributed by atoms with van der Waals surface area (Å²) in [5, 5.41) is 44.9. The highest BCUT2D eigenvalue weighted by molar-refractivity contribution is 7.94. The number of para-hydroxylation sites is 2. The zero-order chi connectivity index (χ0) is 36.3. The van der Waals surface area contributed by atoms with Crippen LogP contribution in [0.2, 0.25) is 0 Å². The number of benzene rings is 4. The Balaban J connectivity index is 1.40. The van der Waals surface area contributed by atoms with E-state index in [-0.39, 0.29) is 24.3 Å². The number of oxazole rings is 1. The topological polar surface area (TPSA) is 183 Å². The number of non-ortho nitro benzene ring substituents is 2. The quantitative estimate of drug-likeness (QED) is 0.0403. The number of aliphatic carboxylic acids is 1. The summed E-state index contributed by atoms with van der Waals surface area (Å²) in [6.45, 7) is 4.56. The lowest BCUT2D eigenvalue weighted by Crippen LogP contribution is -2.35. The Morgan fingerprint density at radius 1 is 0.961 bits per heavy atom. The van der Waals surface area contributed by atoms with Crippen LogP contribution in [0.5, 0.6) is 0 Å². The molecule has 0 saturated heterocycles. The van der Waals surface area contributed by atoms with Crippen molar-refractivity contribution in [1.29, 1.82) is 0 Å². The number of allylic oxidation sites excluding steroid dienone is 3. The maximum Gasteiger partial charge on any atom is 0.374 e. The molecule has 4 aromatic carbocycles. The highest BCUT2D eigenvalue weighted by Gasteiger charge is 2.40. The summed E-state index contributed by atoms with van der Waals surface area (Å²) >= 11 is 0.811. The van der Waals surface area contributed by atoms with Gasteiger partial charge >= 0.3 is 11.9 Å². The van der Waals surface area contributed by atoms with E-state index in [2.05, 4.69) is 9.37 Å². The molecule has 0 unspecified atom stereocenters. The first-order valence-electron chi connectivity index (χ1n) is 15.5. The third-order valence-corrected chi connectivity index (χ3v) is 9.17. The van der Waals surface area contributed by atoms with Crippen molar-refractivity contribution in [2.45, 2.75) is 43.7 Å². The van der Waals surface area contributed by atoms with E-state index in [4.69, 9.17) is 14.8 Å². The van der Waals surface area contributed by atoms with Gasteiger partial charge < -0.3 is 14.4 Å². The number of carbonyl (C=O) groups is 1. The summed E-state index contributed by atoms with van der Waals surface area (Å²) in [4.78, 5) is 35.8. The molecule has 1 aliphatic rings. The first-order chi connectivity index (χ1) is 24.4. The van der Waals surface area contributed by atoms with Gasteiger partial charge in [-0.1, -0.05) is 61.4 Å². The van der Waals surface area contributed by atoms with Crippen molar-refractivity contribution in [3.05, 3.63) is 151 Å². The molecule has 14 nitrogen and oxygen atoms in total. The fraction of sp³-hybridized carbons (Fsp3) is 0.167. The molecule has 0 bridgehead atoms. The van der Waals surface area contributed by atoms with E-state index in [0.717, 1.165) is 46.1 Å². The highest BCUT2D eigenvalue weighted by atomic mass is 32.2. The third-order valence-electron chi connectivity index (χ3n) is 8.60. The summed E-state index contributed by atoms with van der Waals surface area (Å²) in [7, 11) is 0. The molecule has 0 spiro atoms. The minimum atomic E-state index is -0.900. The van der Waals surface area contributed by atoms with Gasteiger partial charge in [0.2, 0.25) is 5.58 Å². The van der Waals surface area contributed by atoms with Crippen LogP contribution in [0.3, 0.4) is 0 Å². The first-order valence-corrected chi connectivity index (χ1v) is 16.3. The van der Waals surface area contributed by atoms with Crippen LogP contribution in [0.1, 0.15) is 42.0 Å². The van der Waals surface area contributed by atoms with E-state index < -0.39 is 21.2 Å². The van der Waals surface area contributed by atoms with Crippen molar-refractivity contribution in [3.8, 4) is 0 Å². The van der Waals surface area contributed by atoms with E-state index >= 15 is 0 Å². The Bertz CT molecular complexity index is 2180. The predicted octanol–water partition coefficient (Wildman–Crippen LogP) is 7.54. The van der Waals surface area contributed by atoms with Gasteiger partial charge in [0.15, 0.2) is 6.54 Å². The van der Waals surface area contributed by atoms with Crippen LogP contribution in [-0.4, -0.2) is 26.2 Å². The maximum absolute atomic E-state index is 11.7. The number of nitro benzene ring substituents is 2. The highest BCUT2D eigenvalue weighted by Crippen LogP contribution is 2.49. The van der Waals surface area contributed by atoms with Gasteiger partial charge in [0, 0.05) is 52.0 Å². The molecule has 0 aliphatic carbocycles. The normalized spacial score (nSPS) is 14.4. The monoisotopic (exact) mass is 711 g/mol. The minimum Gasteiger partial charge on any atom is -0.481 e. The molecule has 0 amide bonds. The number of rotatable bonds is 13. The molecular weight excluding hydrogens is 680 g/mol. The minimum absolute atomic E-state index is 0.0645. The zero-order valence-corrected chi connectivity index (χ0v) is 28.1. The number of hydrogen-bond donors (Lipinski definition) is 2. The van der Waals surface area contributed by atoms with Crippen molar-refractivity contribution in [1.82, 2.24) is 0 Å². The number of nitrogens with zero attached hydrogens (tertiary/aromatic N) is 4. The second-order valence-electron chi connectivity index (χ2n) is 12.3. The van der Waals surface area contributed by atoms with Crippen molar-refractivity contribution in [3.63, 3.8) is 0 Å². The number of nitro groups is 2. The smallest absolute Gasteiger partial charge is 0.374 e. The molecular formula is C36H31N4O10S+. The molecule has 2 heterocycles. The van der Waals surface area contributed by atoms with Crippen LogP contribution in [-0.2, 0) is 39.1 Å². The second-order valence-corrected chi connectivity index (χ2v) is 13.1. The molecule has 260 valence electrons. The molecule has 1 aromatic heterocycles. The largest absolute Gasteiger partial charge is 0.481 e. The van der Waals surface area contributed by atoms with E-state index in [1.165, 1.54) is 12.1 Å². The molecule has 5 aromatic rings. The molecule has 6 rings (SSSR count). The van der Waals surface area contributed by atoms with Crippen LogP contribution in [0.4, 0.5) is 17.1 Å². The van der Waals surface area contributed by atoms with Gasteiger partial charge in [-0.05, 0) is 47.0 Å². The van der Waals surface area contributed by atoms with E-state index in [9.17, 15) is 25.0 Å². The maximum atomic E-state index is 11.7. The number of carboxylic acids is 1. The summed E-state index contributed by atoms with van der Waals surface area (Å²) in [5.74, 6) is -0.348. The summed E-state index contributed by atoms with van der Waals surface area (Å²) < 4.78 is 12.9. The van der Waals surface area contributed by atoms with Crippen molar-refractivity contribution >= 4 is 52.2 Å². The Kier molecular flexibility index (Phi) is 9.97. The number of anilines is 1. The van der Waals surface area contributed by atoms with Gasteiger partial charge in [0.1, 0.15) is 0 Å². The van der Waals surface area contributed by atoms with Gasteiger partial charge in [-0.15, -0.1) is 4.33 Å². The van der Waals surface area contributed by atoms with Gasteiger partial charge in [0.05, 0.1) is 40.5 Å². The predicted molar refractivity (Wildman–Crippen MR) is 186 cm³/mol. The SMILES string of the molecule is CC1(C)/C(=C\C=C\c2oc3ccccc3[n+]2Cc2ccc(CC(=O)O)cc2)N(Cc2cc([N+](=O)[O-])cc([N+](=O)[O-])c2)c2ccc(SOOO)cc21. The molecule has 0 radical (unpaired) electrons. The van der Waals surface area contributed by atoms with Crippen LogP contribution in [0.15, 0.2) is 112 Å². The molecule has 15 heteroatoms. The van der Waals surface area contributed by atoms with E-state index in [1.807, 2.05) is 90.1 Å². The Morgan fingerprint density at radius 3 is 2.31 bits per heavy atom. The van der Waals surface area contributed by atoms with Gasteiger partial charge in [-0.2, -0.15) is 4.57 Å². The number of aromatic nitrogens is 1. The van der Waals surface area contributed by atoms with Crippen molar-refractivity contribution in [2.24, 2.45) is 0 Å². The van der Waals surface area contributed by atoms with Gasteiger partial charge in [-0.25, -0.2) is 5.26 Å². The zero-order valence-electron chi connectivity index (χ0n) is 27.3. The Hall–Kier alpha value is -5.87. The van der Waals surface area contributed by atoms with Crippen LogP contribution in [0.25, 0.3) is 17.2 Å². The molecule has 0 atom stereocenters. The van der Waals surface area contributed by atoms with Crippen LogP contribution < -0.4 is 9.47 Å². The Labute approximate surface area is 294 Å². The molecule has 0 fully saturated rings. The summed E-state index contributed by atoms with van der Waals surface area (Å²) in [6, 6.07) is 24.0. The lowest BCUT2D eigenvalue weighted by Gasteiger charge is -2.27. The van der Waals surface area contributed by atoms with Crippen molar-refractivity contribution in [2.75, 3.05) is 4.90 Å². The number of fused-ring (bicyclic) bond motifs is 2. The van der Waals surface area contributed by atoms with Crippen LogP contribution in [0, 0.1) is 20.2 Å². The van der Waals surface area contributed by atoms with E-state index in [0.29, 0.717) is 34.0 Å². The molecule has 0 saturated carbocycles. The van der Waals surface area contributed by atoms with E-state index in [1.54, 1.807) is 18.2 Å². The fourth-order valence-corrected chi connectivity index (χ4v) is 6.65. The lowest BCUT2D eigenvalue weighted by molar-refractivity contribution is -0.669. The number of hydrogen-bond acceptors (Lipinski definition) is 11. The fourth-order valence-electron chi connectivity index (χ4n) is 6.25. The summed E-state index contributed by atoms with van der Waals surface area (Å²) in [5.41, 5.74) is 4.58. The summed E-state index contributed by atoms with van der Waals surface area (Å²) in [6.07, 6.45) is 5.51. The van der Waals surface area contributed by atoms with Crippen molar-refractivity contribution < 1.29 is 43.4 Å². The second kappa shape index (κ2) is 14.5. The molecule has 51 heavy (non-hydrogen) atoms. The standard InChI is InChI=1S/C36H30N4O10S/c1-36(2)29-20-28(51-50-49-47)14-15-30(29)37(22-25-16-26(39(43)44)19-27(17-25)40(45)46)33(36)8-5-9-34-38(31-6-3-4-7-32(31)48-34)21-24-12-10-23(11-13-24)18-35(41)42/h3-17,19-20H,18,21-22H2,1-2H3,(H-,41,42,47)/p+1. The molecule has 2 N–H and O–H groups in total. The third kappa shape index (κ3) is 7.51. The average Bonchev–Trinajstić information content (AvgIpc) is 3.54. The van der Waals surface area contributed by atoms with Crippen LogP contribution >= 0.6 is 12.0 Å². The number of carboxylic acid groups (broad SMARTS) is 1.